The van der Waals surface area contributed by atoms with Gasteiger partial charge in [0.1, 0.15) is 0 Å². The van der Waals surface area contributed by atoms with E-state index in [0.29, 0.717) is 10.6 Å². The summed E-state index contributed by atoms with van der Waals surface area (Å²) in [5.41, 5.74) is 1.65. The molecule has 2 rings (SSSR count). The van der Waals surface area contributed by atoms with E-state index in [-0.39, 0.29) is 16.8 Å². The van der Waals surface area contributed by atoms with Crippen molar-refractivity contribution in [3.05, 3.63) is 45.6 Å². The average molecular weight is 367 g/mol. The van der Waals surface area contributed by atoms with E-state index in [4.69, 9.17) is 0 Å². The molecular weight excluding hydrogens is 344 g/mol. The Labute approximate surface area is 147 Å². The van der Waals surface area contributed by atoms with Gasteiger partial charge in [-0.3, -0.25) is 4.79 Å². The van der Waals surface area contributed by atoms with Crippen LogP contribution in [-0.2, 0) is 10.0 Å². The van der Waals surface area contributed by atoms with E-state index < -0.39 is 10.0 Å². The van der Waals surface area contributed by atoms with E-state index in [2.05, 4.69) is 5.32 Å². The fraction of sp³-hybridized carbons (Fsp3) is 0.353. The molecule has 0 aliphatic heterocycles. The Morgan fingerprint density at radius 1 is 1.17 bits per heavy atom. The Bertz CT molecular complexity index is 818. The van der Waals surface area contributed by atoms with Crippen molar-refractivity contribution >= 4 is 33.0 Å². The normalized spacial score (nSPS) is 12.0. The van der Waals surface area contributed by atoms with Crippen LogP contribution in [0.3, 0.4) is 0 Å². The molecule has 0 fully saturated rings. The number of thiophene rings is 1. The Kier molecular flexibility index (Phi) is 5.47. The van der Waals surface area contributed by atoms with Crippen LogP contribution < -0.4 is 5.32 Å². The number of amides is 1. The number of carbonyl (C=O) groups is 1. The van der Waals surface area contributed by atoms with Gasteiger partial charge in [0.2, 0.25) is 10.0 Å². The zero-order chi connectivity index (χ0) is 18.1. The third-order valence-corrected chi connectivity index (χ3v) is 7.11. The van der Waals surface area contributed by atoms with Gasteiger partial charge < -0.3 is 5.32 Å². The van der Waals surface area contributed by atoms with Crippen LogP contribution in [-0.4, -0.2) is 31.7 Å². The summed E-state index contributed by atoms with van der Waals surface area (Å²) in [4.78, 5) is 14.2. The van der Waals surface area contributed by atoms with Gasteiger partial charge in [0, 0.05) is 23.7 Å². The predicted molar refractivity (Wildman–Crippen MR) is 98.3 cm³/mol. The number of hydrogen-bond acceptors (Lipinski definition) is 4. The van der Waals surface area contributed by atoms with Crippen LogP contribution in [0, 0.1) is 13.8 Å². The van der Waals surface area contributed by atoms with Crippen molar-refractivity contribution in [3.63, 3.8) is 0 Å². The van der Waals surface area contributed by atoms with Crippen molar-refractivity contribution in [3.8, 4) is 0 Å². The molecular formula is C17H22N2O3S2. The number of nitrogens with zero attached hydrogens (tertiary/aromatic N) is 1. The number of hydrogen-bond donors (Lipinski definition) is 1. The highest BCUT2D eigenvalue weighted by atomic mass is 32.2. The summed E-state index contributed by atoms with van der Waals surface area (Å²) in [6, 6.07) is 7.95. The smallest absolute Gasteiger partial charge is 0.265 e. The second-order valence-corrected chi connectivity index (χ2v) is 9.20. The molecule has 0 unspecified atom stereocenters. The lowest BCUT2D eigenvalue weighted by Crippen LogP contribution is -2.33. The Morgan fingerprint density at radius 3 is 2.21 bits per heavy atom. The van der Waals surface area contributed by atoms with Crippen LogP contribution in [0.15, 0.2) is 35.2 Å². The standard InChI is InChI=1S/C17H22N2O3S2/c1-11(2)19(5)24(21,22)15-8-6-14(7-9-15)18-17(20)16-10-12(3)13(4)23-16/h6-11H,1-5H3,(H,18,20). The lowest BCUT2D eigenvalue weighted by Gasteiger charge is -2.21. The second-order valence-electron chi connectivity index (χ2n) is 5.94. The maximum absolute atomic E-state index is 12.4. The fourth-order valence-electron chi connectivity index (χ4n) is 2.03. The van der Waals surface area contributed by atoms with Gasteiger partial charge in [-0.2, -0.15) is 4.31 Å². The first-order chi connectivity index (χ1) is 11.1. The first kappa shape index (κ1) is 18.6. The lowest BCUT2D eigenvalue weighted by atomic mass is 10.2. The van der Waals surface area contributed by atoms with Gasteiger partial charge in [0.15, 0.2) is 0 Å². The van der Waals surface area contributed by atoms with E-state index in [1.165, 1.54) is 27.8 Å². The average Bonchev–Trinajstić information content (AvgIpc) is 2.86. The minimum absolute atomic E-state index is 0.125. The number of benzene rings is 1. The number of rotatable bonds is 5. The van der Waals surface area contributed by atoms with Crippen molar-refractivity contribution < 1.29 is 13.2 Å². The van der Waals surface area contributed by atoms with E-state index in [1.54, 1.807) is 19.2 Å². The Morgan fingerprint density at radius 2 is 1.75 bits per heavy atom. The van der Waals surface area contributed by atoms with Crippen molar-refractivity contribution in [1.29, 1.82) is 0 Å². The minimum atomic E-state index is -3.52. The second kappa shape index (κ2) is 7.04. The first-order valence-electron chi connectivity index (χ1n) is 7.59. The Balaban J connectivity index is 2.16. The summed E-state index contributed by atoms with van der Waals surface area (Å²) in [5, 5.41) is 2.79. The molecule has 0 radical (unpaired) electrons. The van der Waals surface area contributed by atoms with Crippen LogP contribution >= 0.6 is 11.3 Å². The molecule has 130 valence electrons. The maximum Gasteiger partial charge on any atom is 0.265 e. The molecule has 0 saturated heterocycles. The van der Waals surface area contributed by atoms with Crippen molar-refractivity contribution in [1.82, 2.24) is 4.31 Å². The molecule has 1 heterocycles. The molecule has 0 bridgehead atoms. The molecule has 0 aliphatic carbocycles. The summed E-state index contributed by atoms with van der Waals surface area (Å²) < 4.78 is 26.1. The fourth-order valence-corrected chi connectivity index (χ4v) is 4.33. The summed E-state index contributed by atoms with van der Waals surface area (Å²) in [6.07, 6.45) is 0. The van der Waals surface area contributed by atoms with Gasteiger partial charge in [-0.1, -0.05) is 0 Å². The molecule has 0 spiro atoms. The third-order valence-electron chi connectivity index (χ3n) is 3.91. The lowest BCUT2D eigenvalue weighted by molar-refractivity contribution is 0.103. The maximum atomic E-state index is 12.4. The first-order valence-corrected chi connectivity index (χ1v) is 9.85. The largest absolute Gasteiger partial charge is 0.321 e. The van der Waals surface area contributed by atoms with Gasteiger partial charge in [0.25, 0.3) is 5.91 Å². The Hall–Kier alpha value is -1.70. The number of nitrogens with one attached hydrogen (secondary N) is 1. The third kappa shape index (κ3) is 3.85. The SMILES string of the molecule is Cc1cc(C(=O)Nc2ccc(S(=O)(=O)N(C)C(C)C)cc2)sc1C. The van der Waals surface area contributed by atoms with E-state index in [0.717, 1.165) is 10.4 Å². The topological polar surface area (TPSA) is 66.5 Å². The number of anilines is 1. The molecule has 0 atom stereocenters. The molecule has 0 aliphatic rings. The molecule has 1 amide bonds. The molecule has 1 aromatic carbocycles. The van der Waals surface area contributed by atoms with Crippen LogP contribution in [0.5, 0.6) is 0 Å². The van der Waals surface area contributed by atoms with Gasteiger partial charge in [-0.25, -0.2) is 8.42 Å². The molecule has 1 aromatic heterocycles. The zero-order valence-corrected chi connectivity index (χ0v) is 16.1. The summed E-state index contributed by atoms with van der Waals surface area (Å²) in [5.74, 6) is -0.189. The molecule has 24 heavy (non-hydrogen) atoms. The van der Waals surface area contributed by atoms with E-state index >= 15 is 0 Å². The summed E-state index contributed by atoms with van der Waals surface area (Å²) in [6.45, 7) is 7.57. The van der Waals surface area contributed by atoms with Crippen LogP contribution in [0.25, 0.3) is 0 Å². The highest BCUT2D eigenvalue weighted by Crippen LogP contribution is 2.23. The summed E-state index contributed by atoms with van der Waals surface area (Å²) in [7, 11) is -1.96. The van der Waals surface area contributed by atoms with Gasteiger partial charge >= 0.3 is 0 Å². The summed E-state index contributed by atoms with van der Waals surface area (Å²) >= 11 is 1.44. The number of sulfonamides is 1. The molecule has 0 saturated carbocycles. The van der Waals surface area contributed by atoms with Crippen LogP contribution in [0.2, 0.25) is 0 Å². The molecule has 1 N–H and O–H groups in total. The number of carbonyl (C=O) groups excluding carboxylic acids is 1. The van der Waals surface area contributed by atoms with Crippen molar-refractivity contribution in [2.45, 2.75) is 38.6 Å². The van der Waals surface area contributed by atoms with E-state index in [1.807, 2.05) is 33.8 Å². The highest BCUT2D eigenvalue weighted by Gasteiger charge is 2.22. The van der Waals surface area contributed by atoms with Gasteiger partial charge in [-0.15, -0.1) is 11.3 Å². The monoisotopic (exact) mass is 366 g/mol. The van der Waals surface area contributed by atoms with Gasteiger partial charge in [0.05, 0.1) is 9.77 Å². The molecule has 2 aromatic rings. The van der Waals surface area contributed by atoms with Crippen LogP contribution in [0.4, 0.5) is 5.69 Å². The number of aryl methyl sites for hydroxylation is 2. The van der Waals surface area contributed by atoms with Crippen LogP contribution in [0.1, 0.15) is 34.0 Å². The minimum Gasteiger partial charge on any atom is -0.321 e. The molecule has 7 heteroatoms. The quantitative estimate of drug-likeness (QED) is 0.878. The molecule has 5 nitrogen and oxygen atoms in total. The van der Waals surface area contributed by atoms with Crippen molar-refractivity contribution in [2.24, 2.45) is 0 Å². The highest BCUT2D eigenvalue weighted by molar-refractivity contribution is 7.89. The predicted octanol–water partition coefficient (Wildman–Crippen LogP) is 3.65. The zero-order valence-electron chi connectivity index (χ0n) is 14.5. The van der Waals surface area contributed by atoms with Gasteiger partial charge in [-0.05, 0) is 63.6 Å². The van der Waals surface area contributed by atoms with E-state index in [9.17, 15) is 13.2 Å². The van der Waals surface area contributed by atoms with Crippen molar-refractivity contribution in [2.75, 3.05) is 12.4 Å².